The number of benzene rings is 1. The lowest BCUT2D eigenvalue weighted by molar-refractivity contribution is 0.0995. The Labute approximate surface area is 119 Å². The molecule has 7 heteroatoms. The van der Waals surface area contributed by atoms with Crippen LogP contribution in [0.5, 0.6) is 0 Å². The van der Waals surface area contributed by atoms with Gasteiger partial charge in [-0.25, -0.2) is 0 Å². The molecule has 102 valence electrons. The van der Waals surface area contributed by atoms with E-state index in [0.717, 1.165) is 17.8 Å². The topological polar surface area (TPSA) is 98.0 Å². The molecular formula is C13H12N4O2S. The van der Waals surface area contributed by atoms with Crippen LogP contribution in [-0.2, 0) is 0 Å². The Hall–Kier alpha value is -2.28. The van der Waals surface area contributed by atoms with E-state index in [0.29, 0.717) is 22.2 Å². The number of nitrogens with one attached hydrogen (secondary N) is 1. The van der Waals surface area contributed by atoms with E-state index in [4.69, 9.17) is 5.73 Å². The van der Waals surface area contributed by atoms with Crippen LogP contribution in [0.1, 0.15) is 44.5 Å². The number of hydrogen-bond donors (Lipinski definition) is 2. The van der Waals surface area contributed by atoms with Gasteiger partial charge in [-0.1, -0.05) is 11.3 Å². The minimum Gasteiger partial charge on any atom is -0.366 e. The first kappa shape index (κ1) is 12.7. The van der Waals surface area contributed by atoms with E-state index in [9.17, 15) is 9.59 Å². The van der Waals surface area contributed by atoms with Crippen LogP contribution in [0, 0.1) is 0 Å². The Morgan fingerprint density at radius 3 is 2.40 bits per heavy atom. The van der Waals surface area contributed by atoms with Crippen molar-refractivity contribution in [2.24, 2.45) is 5.73 Å². The second kappa shape index (κ2) is 5.01. The molecule has 3 rings (SSSR count). The van der Waals surface area contributed by atoms with Crippen molar-refractivity contribution in [2.75, 3.05) is 5.32 Å². The summed E-state index contributed by atoms with van der Waals surface area (Å²) in [6.45, 7) is 0. The molecule has 1 heterocycles. The van der Waals surface area contributed by atoms with Crippen LogP contribution in [-0.4, -0.2) is 22.0 Å². The van der Waals surface area contributed by atoms with Gasteiger partial charge in [-0.15, -0.1) is 10.2 Å². The molecule has 1 fully saturated rings. The van der Waals surface area contributed by atoms with E-state index in [1.54, 1.807) is 12.1 Å². The number of amides is 2. The molecule has 1 aliphatic carbocycles. The Morgan fingerprint density at radius 2 is 1.80 bits per heavy atom. The summed E-state index contributed by atoms with van der Waals surface area (Å²) in [7, 11) is 0. The third kappa shape index (κ3) is 2.67. The number of carbonyl (C=O) groups excluding carboxylic acids is 2. The van der Waals surface area contributed by atoms with Gasteiger partial charge < -0.3 is 5.73 Å². The number of anilines is 1. The standard InChI is InChI=1S/C13H12N4O2S/c14-10(18)7-1-3-8(4-2-7)11(19)15-13-17-16-12(20-13)9-5-6-9/h1-4,9H,5-6H2,(H2,14,18)(H,15,17,19). The summed E-state index contributed by atoms with van der Waals surface area (Å²) in [5, 5.41) is 12.2. The van der Waals surface area contributed by atoms with Crippen molar-refractivity contribution >= 4 is 28.3 Å². The first-order valence-corrected chi connectivity index (χ1v) is 7.00. The second-order valence-electron chi connectivity index (χ2n) is 4.62. The van der Waals surface area contributed by atoms with E-state index < -0.39 is 5.91 Å². The molecule has 1 aliphatic rings. The van der Waals surface area contributed by atoms with E-state index in [2.05, 4.69) is 15.5 Å². The highest BCUT2D eigenvalue weighted by molar-refractivity contribution is 7.15. The molecule has 3 N–H and O–H groups in total. The lowest BCUT2D eigenvalue weighted by Gasteiger charge is -2.01. The summed E-state index contributed by atoms with van der Waals surface area (Å²) in [5.74, 6) is -0.275. The van der Waals surface area contributed by atoms with E-state index >= 15 is 0 Å². The molecule has 0 unspecified atom stereocenters. The van der Waals surface area contributed by atoms with Gasteiger partial charge in [0.1, 0.15) is 5.01 Å². The largest absolute Gasteiger partial charge is 0.366 e. The van der Waals surface area contributed by atoms with Crippen LogP contribution in [0.15, 0.2) is 24.3 Å². The monoisotopic (exact) mass is 288 g/mol. The van der Waals surface area contributed by atoms with Gasteiger partial charge in [0, 0.05) is 17.0 Å². The number of carbonyl (C=O) groups is 2. The Balaban J connectivity index is 1.69. The van der Waals surface area contributed by atoms with Gasteiger partial charge in [-0.2, -0.15) is 0 Å². The highest BCUT2D eigenvalue weighted by Gasteiger charge is 2.27. The number of hydrogen-bond acceptors (Lipinski definition) is 5. The smallest absolute Gasteiger partial charge is 0.257 e. The maximum Gasteiger partial charge on any atom is 0.257 e. The van der Waals surface area contributed by atoms with Gasteiger partial charge in [-0.05, 0) is 37.1 Å². The first-order valence-electron chi connectivity index (χ1n) is 6.18. The lowest BCUT2D eigenvalue weighted by Crippen LogP contribution is -2.14. The van der Waals surface area contributed by atoms with Crippen molar-refractivity contribution in [3.05, 3.63) is 40.4 Å². The number of rotatable bonds is 4. The summed E-state index contributed by atoms with van der Waals surface area (Å²) in [5.41, 5.74) is 5.96. The van der Waals surface area contributed by atoms with Gasteiger partial charge in [0.05, 0.1) is 0 Å². The maximum absolute atomic E-state index is 12.0. The predicted molar refractivity (Wildman–Crippen MR) is 74.8 cm³/mol. The third-order valence-electron chi connectivity index (χ3n) is 3.02. The fourth-order valence-electron chi connectivity index (χ4n) is 1.74. The summed E-state index contributed by atoms with van der Waals surface area (Å²) >= 11 is 1.41. The number of aromatic nitrogens is 2. The van der Waals surface area contributed by atoms with Crippen molar-refractivity contribution < 1.29 is 9.59 Å². The molecule has 2 amide bonds. The highest BCUT2D eigenvalue weighted by Crippen LogP contribution is 2.42. The fraction of sp³-hybridized carbons (Fsp3) is 0.231. The molecule has 0 radical (unpaired) electrons. The van der Waals surface area contributed by atoms with Gasteiger partial charge in [0.25, 0.3) is 5.91 Å². The number of nitrogens with two attached hydrogens (primary N) is 1. The zero-order valence-electron chi connectivity index (χ0n) is 10.5. The minimum atomic E-state index is -0.518. The van der Waals surface area contributed by atoms with Gasteiger partial charge in [0.15, 0.2) is 0 Å². The molecule has 0 aliphatic heterocycles. The molecule has 1 aromatic heterocycles. The zero-order chi connectivity index (χ0) is 14.1. The number of nitrogens with zero attached hydrogens (tertiary/aromatic N) is 2. The van der Waals surface area contributed by atoms with Crippen molar-refractivity contribution in [3.63, 3.8) is 0 Å². The average molecular weight is 288 g/mol. The van der Waals surface area contributed by atoms with Crippen molar-refractivity contribution in [1.82, 2.24) is 10.2 Å². The molecule has 2 aromatic rings. The Bertz CT molecular complexity index is 661. The van der Waals surface area contributed by atoms with Crippen molar-refractivity contribution in [1.29, 1.82) is 0 Å². The Morgan fingerprint density at radius 1 is 1.15 bits per heavy atom. The molecule has 1 saturated carbocycles. The van der Waals surface area contributed by atoms with Crippen LogP contribution < -0.4 is 11.1 Å². The molecule has 0 bridgehead atoms. The van der Waals surface area contributed by atoms with Crippen molar-refractivity contribution in [3.8, 4) is 0 Å². The average Bonchev–Trinajstić information content (AvgIpc) is 3.20. The fourth-order valence-corrected chi connectivity index (χ4v) is 2.64. The van der Waals surface area contributed by atoms with E-state index in [-0.39, 0.29) is 5.91 Å². The van der Waals surface area contributed by atoms with Crippen LogP contribution in [0.2, 0.25) is 0 Å². The lowest BCUT2D eigenvalue weighted by atomic mass is 10.1. The zero-order valence-corrected chi connectivity index (χ0v) is 11.3. The summed E-state index contributed by atoms with van der Waals surface area (Å²) in [6, 6.07) is 6.15. The quantitative estimate of drug-likeness (QED) is 0.895. The summed E-state index contributed by atoms with van der Waals surface area (Å²) < 4.78 is 0. The van der Waals surface area contributed by atoms with Gasteiger partial charge in [0.2, 0.25) is 11.0 Å². The van der Waals surface area contributed by atoms with Crippen LogP contribution in [0.4, 0.5) is 5.13 Å². The molecule has 0 atom stereocenters. The van der Waals surface area contributed by atoms with E-state index in [1.807, 2.05) is 0 Å². The molecule has 1 aromatic carbocycles. The summed E-state index contributed by atoms with van der Waals surface area (Å²) in [6.07, 6.45) is 2.30. The van der Waals surface area contributed by atoms with Crippen molar-refractivity contribution in [2.45, 2.75) is 18.8 Å². The maximum atomic E-state index is 12.0. The minimum absolute atomic E-state index is 0.278. The predicted octanol–water partition coefficient (Wildman–Crippen LogP) is 1.77. The molecule has 0 spiro atoms. The Kier molecular flexibility index (Phi) is 3.19. The van der Waals surface area contributed by atoms with Gasteiger partial charge >= 0.3 is 0 Å². The molecule has 6 nitrogen and oxygen atoms in total. The SMILES string of the molecule is NC(=O)c1ccc(C(=O)Nc2nnc(C3CC3)s2)cc1. The van der Waals surface area contributed by atoms with Gasteiger partial charge in [-0.3, -0.25) is 14.9 Å². The highest BCUT2D eigenvalue weighted by atomic mass is 32.1. The molecule has 0 saturated heterocycles. The first-order chi connectivity index (χ1) is 9.63. The second-order valence-corrected chi connectivity index (χ2v) is 5.62. The van der Waals surface area contributed by atoms with Crippen LogP contribution >= 0.6 is 11.3 Å². The number of primary amides is 1. The third-order valence-corrected chi connectivity index (χ3v) is 4.02. The summed E-state index contributed by atoms with van der Waals surface area (Å²) in [4.78, 5) is 23.0. The normalized spacial score (nSPS) is 14.0. The van der Waals surface area contributed by atoms with Crippen LogP contribution in [0.25, 0.3) is 0 Å². The van der Waals surface area contributed by atoms with Crippen LogP contribution in [0.3, 0.4) is 0 Å². The van der Waals surface area contributed by atoms with E-state index in [1.165, 1.54) is 23.5 Å². The molecular weight excluding hydrogens is 276 g/mol. The molecule has 20 heavy (non-hydrogen) atoms.